The number of nitrogens with zero attached hydrogens (tertiary/aromatic N) is 3. The van der Waals surface area contributed by atoms with Crippen LogP contribution in [-0.2, 0) is 11.3 Å². The van der Waals surface area contributed by atoms with Gasteiger partial charge in [-0.15, -0.1) is 0 Å². The molecule has 0 aliphatic carbocycles. The molecule has 8 nitrogen and oxygen atoms in total. The molecule has 8 heteroatoms. The van der Waals surface area contributed by atoms with E-state index < -0.39 is 6.10 Å². The Labute approximate surface area is 169 Å². The Morgan fingerprint density at radius 2 is 1.86 bits per heavy atom. The van der Waals surface area contributed by atoms with Crippen molar-refractivity contribution in [3.8, 4) is 28.6 Å². The molecule has 1 amide bonds. The van der Waals surface area contributed by atoms with E-state index in [2.05, 4.69) is 10.1 Å². The minimum absolute atomic E-state index is 0.160. The Morgan fingerprint density at radius 3 is 2.55 bits per heavy atom. The summed E-state index contributed by atoms with van der Waals surface area (Å²) in [6.45, 7) is 1.86. The minimum atomic E-state index is -0.647. The van der Waals surface area contributed by atoms with Crippen LogP contribution in [-0.4, -0.2) is 48.3 Å². The van der Waals surface area contributed by atoms with Gasteiger partial charge >= 0.3 is 0 Å². The van der Waals surface area contributed by atoms with Gasteiger partial charge in [0.25, 0.3) is 5.91 Å². The molecule has 1 unspecified atom stereocenters. The van der Waals surface area contributed by atoms with Gasteiger partial charge in [0.15, 0.2) is 6.10 Å². The van der Waals surface area contributed by atoms with Crippen molar-refractivity contribution in [1.29, 1.82) is 0 Å². The largest absolute Gasteiger partial charge is 0.497 e. The fraction of sp³-hybridized carbons (Fsp3) is 0.286. The molecule has 3 aromatic rings. The number of rotatable bonds is 8. The molecule has 1 atom stereocenters. The highest BCUT2D eigenvalue weighted by atomic mass is 16.5. The molecule has 0 radical (unpaired) electrons. The number of amides is 1. The van der Waals surface area contributed by atoms with Crippen LogP contribution in [0.1, 0.15) is 12.8 Å². The third-order valence-electron chi connectivity index (χ3n) is 4.27. The molecule has 152 valence electrons. The summed E-state index contributed by atoms with van der Waals surface area (Å²) in [4.78, 5) is 18.4. The summed E-state index contributed by atoms with van der Waals surface area (Å²) in [5.41, 5.74) is 0.665. The van der Waals surface area contributed by atoms with Crippen molar-refractivity contribution in [2.24, 2.45) is 0 Å². The topological polar surface area (TPSA) is 86.9 Å². The Kier molecular flexibility index (Phi) is 6.33. The van der Waals surface area contributed by atoms with Crippen molar-refractivity contribution in [2.45, 2.75) is 19.6 Å². The monoisotopic (exact) mass is 397 g/mol. The van der Waals surface area contributed by atoms with E-state index in [0.29, 0.717) is 34.5 Å². The van der Waals surface area contributed by atoms with Crippen LogP contribution in [0.2, 0.25) is 0 Å². The Bertz CT molecular complexity index is 958. The standard InChI is InChI=1S/C21H23N3O5/c1-14(28-15-8-6-5-7-9-15)21(25)24(2)13-19-22-20(23-29-19)17-11-10-16(26-3)12-18(17)27-4/h5-12,14H,13H2,1-4H3. The lowest BCUT2D eigenvalue weighted by molar-refractivity contribution is -0.137. The van der Waals surface area contributed by atoms with Gasteiger partial charge in [-0.3, -0.25) is 4.79 Å². The second-order valence-electron chi connectivity index (χ2n) is 6.35. The summed E-state index contributed by atoms with van der Waals surface area (Å²) in [6, 6.07) is 14.5. The van der Waals surface area contributed by atoms with Crippen LogP contribution in [0, 0.1) is 0 Å². The highest BCUT2D eigenvalue weighted by molar-refractivity contribution is 5.80. The number of para-hydroxylation sites is 1. The Hall–Kier alpha value is -3.55. The van der Waals surface area contributed by atoms with Crippen molar-refractivity contribution in [3.63, 3.8) is 0 Å². The molecule has 0 fully saturated rings. The molecule has 2 aromatic carbocycles. The van der Waals surface area contributed by atoms with E-state index in [4.69, 9.17) is 18.7 Å². The van der Waals surface area contributed by atoms with Gasteiger partial charge in [0.05, 0.1) is 26.3 Å². The first-order valence-corrected chi connectivity index (χ1v) is 9.03. The Balaban J connectivity index is 1.67. The zero-order valence-corrected chi connectivity index (χ0v) is 16.8. The highest BCUT2D eigenvalue weighted by Gasteiger charge is 2.22. The fourth-order valence-electron chi connectivity index (χ4n) is 2.76. The SMILES string of the molecule is COc1ccc(-c2noc(CN(C)C(=O)C(C)Oc3ccccc3)n2)c(OC)c1. The molecule has 1 heterocycles. The molecule has 0 bridgehead atoms. The van der Waals surface area contributed by atoms with E-state index in [9.17, 15) is 4.79 Å². The van der Waals surface area contributed by atoms with Crippen molar-refractivity contribution in [1.82, 2.24) is 15.0 Å². The molecule has 0 spiro atoms. The molecule has 3 rings (SSSR count). The summed E-state index contributed by atoms with van der Waals surface area (Å²) in [5.74, 6) is 2.33. The van der Waals surface area contributed by atoms with Gasteiger partial charge in [0, 0.05) is 13.1 Å². The van der Waals surface area contributed by atoms with E-state index >= 15 is 0 Å². The molecule has 29 heavy (non-hydrogen) atoms. The van der Waals surface area contributed by atoms with E-state index in [1.165, 1.54) is 4.90 Å². The first-order valence-electron chi connectivity index (χ1n) is 9.03. The molecule has 0 saturated heterocycles. The smallest absolute Gasteiger partial charge is 0.263 e. The zero-order chi connectivity index (χ0) is 20.8. The van der Waals surface area contributed by atoms with Crippen molar-refractivity contribution in [2.75, 3.05) is 21.3 Å². The lowest BCUT2D eigenvalue weighted by Crippen LogP contribution is -2.37. The second-order valence-corrected chi connectivity index (χ2v) is 6.35. The van der Waals surface area contributed by atoms with Crippen LogP contribution in [0.5, 0.6) is 17.2 Å². The summed E-state index contributed by atoms with van der Waals surface area (Å²) in [6.07, 6.45) is -0.647. The quantitative estimate of drug-likeness (QED) is 0.577. The van der Waals surface area contributed by atoms with Crippen LogP contribution >= 0.6 is 0 Å². The average molecular weight is 397 g/mol. The van der Waals surface area contributed by atoms with Crippen LogP contribution in [0.4, 0.5) is 0 Å². The molecule has 0 saturated carbocycles. The maximum absolute atomic E-state index is 12.6. The number of aromatic nitrogens is 2. The number of likely N-dealkylation sites (N-methyl/N-ethyl adjacent to an activating group) is 1. The average Bonchev–Trinajstić information content (AvgIpc) is 3.21. The minimum Gasteiger partial charge on any atom is -0.497 e. The summed E-state index contributed by atoms with van der Waals surface area (Å²) in [5, 5.41) is 4.00. The molecular formula is C21H23N3O5. The van der Waals surface area contributed by atoms with Gasteiger partial charge in [-0.25, -0.2) is 0 Å². The summed E-state index contributed by atoms with van der Waals surface area (Å²) >= 11 is 0. The predicted octanol–water partition coefficient (Wildman–Crippen LogP) is 3.18. The molecule has 0 aliphatic rings. The van der Waals surface area contributed by atoms with Gasteiger partial charge in [-0.2, -0.15) is 4.98 Å². The van der Waals surface area contributed by atoms with Gasteiger partial charge in [0.2, 0.25) is 11.7 Å². The van der Waals surface area contributed by atoms with E-state index in [1.54, 1.807) is 58.5 Å². The van der Waals surface area contributed by atoms with Crippen LogP contribution in [0.25, 0.3) is 11.4 Å². The van der Waals surface area contributed by atoms with Gasteiger partial charge < -0.3 is 23.6 Å². The second kappa shape index (κ2) is 9.09. The van der Waals surface area contributed by atoms with E-state index in [0.717, 1.165) is 0 Å². The van der Waals surface area contributed by atoms with Crippen molar-refractivity contribution < 1.29 is 23.5 Å². The number of hydrogen-bond donors (Lipinski definition) is 0. The van der Waals surface area contributed by atoms with Crippen molar-refractivity contribution in [3.05, 3.63) is 54.4 Å². The zero-order valence-electron chi connectivity index (χ0n) is 16.8. The third-order valence-corrected chi connectivity index (χ3v) is 4.27. The number of benzene rings is 2. The van der Waals surface area contributed by atoms with Crippen LogP contribution in [0.15, 0.2) is 53.1 Å². The Morgan fingerprint density at radius 1 is 1.10 bits per heavy atom. The first kappa shape index (κ1) is 20.2. The van der Waals surface area contributed by atoms with Gasteiger partial charge in [-0.1, -0.05) is 23.4 Å². The fourth-order valence-corrected chi connectivity index (χ4v) is 2.76. The van der Waals surface area contributed by atoms with E-state index in [1.807, 2.05) is 18.2 Å². The first-order chi connectivity index (χ1) is 14.0. The van der Waals surface area contributed by atoms with Gasteiger partial charge in [0.1, 0.15) is 17.2 Å². The lowest BCUT2D eigenvalue weighted by Gasteiger charge is -2.20. The normalized spacial score (nSPS) is 11.6. The number of carbonyl (C=O) groups is 1. The number of methoxy groups -OCH3 is 2. The highest BCUT2D eigenvalue weighted by Crippen LogP contribution is 2.31. The maximum Gasteiger partial charge on any atom is 0.263 e. The molecule has 1 aromatic heterocycles. The van der Waals surface area contributed by atoms with Crippen LogP contribution < -0.4 is 14.2 Å². The summed E-state index contributed by atoms with van der Waals surface area (Å²) < 4.78 is 21.6. The number of ether oxygens (including phenoxy) is 3. The van der Waals surface area contributed by atoms with Gasteiger partial charge in [-0.05, 0) is 31.2 Å². The molecular weight excluding hydrogens is 374 g/mol. The third kappa shape index (κ3) is 4.84. The maximum atomic E-state index is 12.6. The molecule has 0 aliphatic heterocycles. The van der Waals surface area contributed by atoms with Crippen molar-refractivity contribution >= 4 is 5.91 Å². The predicted molar refractivity (Wildman–Crippen MR) is 106 cm³/mol. The van der Waals surface area contributed by atoms with Crippen LogP contribution in [0.3, 0.4) is 0 Å². The van der Waals surface area contributed by atoms with E-state index in [-0.39, 0.29) is 12.5 Å². The number of carbonyl (C=O) groups excluding carboxylic acids is 1. The molecule has 0 N–H and O–H groups in total. The number of hydrogen-bond acceptors (Lipinski definition) is 7. The summed E-state index contributed by atoms with van der Waals surface area (Å²) in [7, 11) is 4.79. The lowest BCUT2D eigenvalue weighted by atomic mass is 10.2.